The average molecular weight is 635 g/mol. The van der Waals surface area contributed by atoms with Crippen molar-refractivity contribution in [1.29, 1.82) is 0 Å². The second-order valence-electron chi connectivity index (χ2n) is 16.6. The molecule has 10 nitrogen and oxygen atoms in total. The third-order valence-corrected chi connectivity index (χ3v) is 13.3. The standard InChI is InChI=1S/C35H54O10/c1-16(2)10-17-13-35(7,42)26-20-12-21(37)25-18-11-22(44-31-29(40)28(39)27(38)24(15-36)45-31)30(41)32(3,4)19(18)8-9-33(25,5)34(20,6)14-23(26)43-17/h8,10,17-18,20,22-31,36,38-42H,9,11-15H2,1-7H3/t17-,18-,20-,22+,23-,24-,25+,26-,27-,28+,29-,30-,31-,33-,34-,35+/m1/s1. The summed E-state index contributed by atoms with van der Waals surface area (Å²) in [4.78, 5) is 14.5. The molecule has 0 spiro atoms. The molecule has 2 aliphatic heterocycles. The Morgan fingerprint density at radius 3 is 2.33 bits per heavy atom. The first-order valence-electron chi connectivity index (χ1n) is 16.8. The van der Waals surface area contributed by atoms with Crippen LogP contribution in [-0.4, -0.2) is 104 Å². The topological polar surface area (TPSA) is 166 Å². The van der Waals surface area contributed by atoms with Crippen molar-refractivity contribution in [1.82, 2.24) is 0 Å². The van der Waals surface area contributed by atoms with Crippen LogP contribution < -0.4 is 0 Å². The SMILES string of the molecule is CC(C)=C[C@@H]1C[C@](C)(O)[C@@H]2[C@H]3CC(=O)[C@@H]4[C@@H]5C[C@H](O[C@@H]6O[C@H](CO)[C@@H](O)[C@H](O)[C@H]6O)[C@@H](O)C(C)(C)C5=CC[C@@]4(C)[C@]3(C)C[C@H]2O1. The van der Waals surface area contributed by atoms with Crippen LogP contribution in [-0.2, 0) is 19.0 Å². The summed E-state index contributed by atoms with van der Waals surface area (Å²) in [6.07, 6.45) is -2.49. The molecule has 45 heavy (non-hydrogen) atoms. The zero-order valence-corrected chi connectivity index (χ0v) is 27.7. The molecule has 0 aromatic rings. The Morgan fingerprint density at radius 1 is 1.00 bits per heavy atom. The van der Waals surface area contributed by atoms with E-state index >= 15 is 0 Å². The monoisotopic (exact) mass is 634 g/mol. The van der Waals surface area contributed by atoms with Gasteiger partial charge in [0.2, 0.25) is 0 Å². The number of allylic oxidation sites excluding steroid dienone is 2. The molecule has 254 valence electrons. The smallest absolute Gasteiger partial charge is 0.187 e. The minimum atomic E-state index is -1.60. The summed E-state index contributed by atoms with van der Waals surface area (Å²) >= 11 is 0. The van der Waals surface area contributed by atoms with Gasteiger partial charge in [-0.1, -0.05) is 51.0 Å². The largest absolute Gasteiger partial charge is 0.394 e. The molecule has 3 saturated carbocycles. The molecule has 6 rings (SSSR count). The summed E-state index contributed by atoms with van der Waals surface area (Å²) in [5.74, 6) is -0.590. The van der Waals surface area contributed by atoms with E-state index in [1.807, 2.05) is 34.6 Å². The quantitative estimate of drug-likeness (QED) is 0.252. The van der Waals surface area contributed by atoms with Crippen molar-refractivity contribution >= 4 is 5.78 Å². The second kappa shape index (κ2) is 11.2. The predicted molar refractivity (Wildman–Crippen MR) is 163 cm³/mol. The van der Waals surface area contributed by atoms with Crippen molar-refractivity contribution in [2.75, 3.05) is 6.61 Å². The lowest BCUT2D eigenvalue weighted by atomic mass is 9.41. The maximum absolute atomic E-state index is 14.5. The number of ether oxygens (including phenoxy) is 3. The molecule has 0 aromatic carbocycles. The van der Waals surface area contributed by atoms with Crippen LogP contribution in [0.15, 0.2) is 23.3 Å². The fourth-order valence-electron chi connectivity index (χ4n) is 10.8. The summed E-state index contributed by atoms with van der Waals surface area (Å²) in [6, 6.07) is 0. The number of aliphatic hydroxyl groups is 6. The Kier molecular flexibility index (Phi) is 8.36. The van der Waals surface area contributed by atoms with E-state index in [1.54, 1.807) is 0 Å². The van der Waals surface area contributed by atoms with E-state index < -0.39 is 66.0 Å². The molecule has 4 aliphatic carbocycles. The van der Waals surface area contributed by atoms with Gasteiger partial charge in [-0.25, -0.2) is 0 Å². The summed E-state index contributed by atoms with van der Waals surface area (Å²) < 4.78 is 18.5. The van der Waals surface area contributed by atoms with Gasteiger partial charge in [0.05, 0.1) is 36.6 Å². The van der Waals surface area contributed by atoms with Crippen LogP contribution >= 0.6 is 0 Å². The van der Waals surface area contributed by atoms with Crippen LogP contribution in [0, 0.1) is 39.9 Å². The van der Waals surface area contributed by atoms with Gasteiger partial charge in [0, 0.05) is 30.1 Å². The minimum Gasteiger partial charge on any atom is -0.394 e. The van der Waals surface area contributed by atoms with Gasteiger partial charge >= 0.3 is 0 Å². The van der Waals surface area contributed by atoms with Crippen LogP contribution in [0.25, 0.3) is 0 Å². The molecule has 10 heteroatoms. The first-order chi connectivity index (χ1) is 20.9. The number of carbonyl (C=O) groups is 1. The van der Waals surface area contributed by atoms with Crippen LogP contribution in [0.5, 0.6) is 0 Å². The third-order valence-electron chi connectivity index (χ3n) is 13.3. The van der Waals surface area contributed by atoms with Crippen LogP contribution in [0.1, 0.15) is 80.6 Å². The number of aliphatic hydroxyl groups excluding tert-OH is 5. The number of fused-ring (bicyclic) bond motifs is 7. The van der Waals surface area contributed by atoms with E-state index in [9.17, 15) is 35.4 Å². The second-order valence-corrected chi connectivity index (χ2v) is 16.6. The molecule has 0 aromatic heterocycles. The maximum atomic E-state index is 14.5. The number of ketones is 1. The van der Waals surface area contributed by atoms with Gasteiger partial charge in [-0.2, -0.15) is 0 Å². The van der Waals surface area contributed by atoms with Gasteiger partial charge in [0.25, 0.3) is 0 Å². The molecule has 0 bridgehead atoms. The number of rotatable bonds is 4. The summed E-state index contributed by atoms with van der Waals surface area (Å²) in [5, 5.41) is 64.4. The molecule has 6 N–H and O–H groups in total. The lowest BCUT2D eigenvalue weighted by Crippen LogP contribution is -2.64. The Labute approximate surface area is 266 Å². The van der Waals surface area contributed by atoms with Gasteiger partial charge in [-0.3, -0.25) is 4.79 Å². The minimum absolute atomic E-state index is 0.0304. The van der Waals surface area contributed by atoms with Gasteiger partial charge in [-0.05, 0) is 62.7 Å². The van der Waals surface area contributed by atoms with E-state index in [-0.39, 0.29) is 47.1 Å². The molecular formula is C35H54O10. The number of hydrogen-bond acceptors (Lipinski definition) is 10. The lowest BCUT2D eigenvalue weighted by Gasteiger charge is -2.63. The fourth-order valence-corrected chi connectivity index (χ4v) is 10.8. The van der Waals surface area contributed by atoms with Crippen molar-refractivity contribution < 1.29 is 49.6 Å². The zero-order valence-electron chi connectivity index (χ0n) is 27.7. The maximum Gasteiger partial charge on any atom is 0.187 e. The van der Waals surface area contributed by atoms with Gasteiger partial charge < -0.3 is 44.8 Å². The van der Waals surface area contributed by atoms with E-state index in [4.69, 9.17) is 14.2 Å². The lowest BCUT2D eigenvalue weighted by molar-refractivity contribution is -0.323. The normalized spacial score (nSPS) is 53.8. The van der Waals surface area contributed by atoms with Crippen LogP contribution in [0.2, 0.25) is 0 Å². The predicted octanol–water partition coefficient (Wildman–Crippen LogP) is 2.02. The Morgan fingerprint density at radius 2 is 1.69 bits per heavy atom. The van der Waals surface area contributed by atoms with Gasteiger partial charge in [0.1, 0.15) is 30.2 Å². The first kappa shape index (κ1) is 33.7. The molecular weight excluding hydrogens is 580 g/mol. The molecule has 0 amide bonds. The van der Waals surface area contributed by atoms with E-state index in [0.29, 0.717) is 25.7 Å². The van der Waals surface area contributed by atoms with E-state index in [2.05, 4.69) is 26.0 Å². The zero-order chi connectivity index (χ0) is 33.0. The van der Waals surface area contributed by atoms with Crippen LogP contribution in [0.4, 0.5) is 0 Å². The number of Topliss-reactive ketones (excluding diaryl/α,β-unsaturated/α-hetero) is 1. The number of hydrogen-bond donors (Lipinski definition) is 6. The van der Waals surface area contributed by atoms with E-state index in [1.165, 1.54) is 0 Å². The Bertz CT molecular complexity index is 1240. The summed E-state index contributed by atoms with van der Waals surface area (Å²) in [6.45, 7) is 13.8. The summed E-state index contributed by atoms with van der Waals surface area (Å²) in [5.41, 5.74) is -0.275. The molecule has 0 unspecified atom stereocenters. The van der Waals surface area contributed by atoms with Crippen molar-refractivity contribution in [3.63, 3.8) is 0 Å². The van der Waals surface area contributed by atoms with Crippen molar-refractivity contribution in [2.45, 2.75) is 141 Å². The fraction of sp³-hybridized carbons (Fsp3) is 0.857. The molecule has 2 saturated heterocycles. The van der Waals surface area contributed by atoms with E-state index in [0.717, 1.165) is 17.6 Å². The first-order valence-corrected chi connectivity index (χ1v) is 16.8. The summed E-state index contributed by atoms with van der Waals surface area (Å²) in [7, 11) is 0. The molecule has 5 fully saturated rings. The average Bonchev–Trinajstić information content (AvgIpc) is 3.24. The Balaban J connectivity index is 1.32. The third kappa shape index (κ3) is 4.96. The van der Waals surface area contributed by atoms with Crippen LogP contribution in [0.3, 0.4) is 0 Å². The van der Waals surface area contributed by atoms with Gasteiger partial charge in [0.15, 0.2) is 6.29 Å². The highest BCUT2D eigenvalue weighted by Gasteiger charge is 2.71. The highest BCUT2D eigenvalue weighted by molar-refractivity contribution is 5.85. The van der Waals surface area contributed by atoms with Crippen molar-refractivity contribution in [3.05, 3.63) is 23.3 Å². The molecule has 0 radical (unpaired) electrons. The molecule has 2 heterocycles. The highest BCUT2D eigenvalue weighted by Crippen LogP contribution is 2.72. The Hall–Kier alpha value is -1.21. The number of carbonyl (C=O) groups excluding carboxylic acids is 1. The van der Waals surface area contributed by atoms with Crippen molar-refractivity contribution in [3.8, 4) is 0 Å². The highest BCUT2D eigenvalue weighted by atomic mass is 16.7. The molecule has 6 aliphatic rings. The van der Waals surface area contributed by atoms with Crippen molar-refractivity contribution in [2.24, 2.45) is 39.9 Å². The molecule has 16 atom stereocenters. The van der Waals surface area contributed by atoms with Gasteiger partial charge in [-0.15, -0.1) is 0 Å².